The van der Waals surface area contributed by atoms with E-state index in [1.54, 1.807) is 37.2 Å². The van der Waals surface area contributed by atoms with Gasteiger partial charge < -0.3 is 16.4 Å². The zero-order valence-corrected chi connectivity index (χ0v) is 12.3. The van der Waals surface area contributed by atoms with E-state index in [4.69, 9.17) is 17.3 Å². The van der Waals surface area contributed by atoms with Crippen LogP contribution in [0.4, 0.5) is 11.4 Å². The number of carbonyl (C=O) groups is 2. The molecule has 0 saturated carbocycles. The second-order valence-corrected chi connectivity index (χ2v) is 4.86. The number of anilines is 2. The first kappa shape index (κ1) is 16.3. The lowest BCUT2D eigenvalue weighted by Gasteiger charge is -2.15. The van der Waals surface area contributed by atoms with Crippen LogP contribution in [0.15, 0.2) is 18.2 Å². The lowest BCUT2D eigenvalue weighted by atomic mass is 10.2. The third-order valence-corrected chi connectivity index (χ3v) is 2.99. The lowest BCUT2D eigenvalue weighted by molar-refractivity contribution is -0.122. The van der Waals surface area contributed by atoms with E-state index in [1.807, 2.05) is 0 Å². The van der Waals surface area contributed by atoms with Crippen molar-refractivity contribution in [3.05, 3.63) is 23.2 Å². The number of nitrogens with zero attached hydrogens (tertiary/aromatic N) is 1. The molecule has 7 heteroatoms. The van der Waals surface area contributed by atoms with E-state index in [0.717, 1.165) is 0 Å². The summed E-state index contributed by atoms with van der Waals surface area (Å²) < 4.78 is 0. The van der Waals surface area contributed by atoms with Crippen molar-refractivity contribution in [3.63, 3.8) is 0 Å². The minimum absolute atomic E-state index is 0.0884. The first-order valence-electron chi connectivity index (χ1n) is 6.16. The topological polar surface area (TPSA) is 87.5 Å². The first-order chi connectivity index (χ1) is 9.42. The van der Waals surface area contributed by atoms with E-state index in [0.29, 0.717) is 22.9 Å². The van der Waals surface area contributed by atoms with Crippen molar-refractivity contribution in [1.29, 1.82) is 0 Å². The molecule has 2 amide bonds. The van der Waals surface area contributed by atoms with E-state index < -0.39 is 0 Å². The fourth-order valence-electron chi connectivity index (χ4n) is 1.54. The van der Waals surface area contributed by atoms with E-state index in [9.17, 15) is 9.59 Å². The quantitative estimate of drug-likeness (QED) is 0.682. The zero-order valence-electron chi connectivity index (χ0n) is 11.6. The molecule has 1 aromatic carbocycles. The number of nitrogens with two attached hydrogens (primary N) is 1. The molecular weight excluding hydrogens is 280 g/mol. The van der Waals surface area contributed by atoms with Gasteiger partial charge in [0.25, 0.3) is 0 Å². The molecule has 0 atom stereocenters. The normalized spacial score (nSPS) is 10.4. The third kappa shape index (κ3) is 5.46. The van der Waals surface area contributed by atoms with Gasteiger partial charge in [0.05, 0.1) is 17.3 Å². The fourth-order valence-corrected chi connectivity index (χ4v) is 1.78. The van der Waals surface area contributed by atoms with Gasteiger partial charge in [0.15, 0.2) is 0 Å². The lowest BCUT2D eigenvalue weighted by Crippen LogP contribution is -2.34. The Bertz CT molecular complexity index is 493. The number of nitrogen functional groups attached to an aromatic ring is 1. The van der Waals surface area contributed by atoms with Gasteiger partial charge >= 0.3 is 0 Å². The van der Waals surface area contributed by atoms with Crippen LogP contribution >= 0.6 is 11.6 Å². The van der Waals surface area contributed by atoms with Crippen LogP contribution < -0.4 is 16.4 Å². The van der Waals surface area contributed by atoms with Gasteiger partial charge in [-0.1, -0.05) is 11.6 Å². The molecule has 4 N–H and O–H groups in total. The summed E-state index contributed by atoms with van der Waals surface area (Å²) >= 11 is 5.97. The molecule has 0 aliphatic carbocycles. The van der Waals surface area contributed by atoms with Crippen molar-refractivity contribution in [3.8, 4) is 0 Å². The second-order valence-electron chi connectivity index (χ2n) is 4.45. The third-order valence-electron chi connectivity index (χ3n) is 2.68. The van der Waals surface area contributed by atoms with E-state index in [2.05, 4.69) is 10.6 Å². The van der Waals surface area contributed by atoms with Crippen LogP contribution in [0.5, 0.6) is 0 Å². The number of carbonyl (C=O) groups excluding carboxylic acids is 2. The van der Waals surface area contributed by atoms with Gasteiger partial charge in [-0.25, -0.2) is 0 Å². The Hall–Kier alpha value is -1.79. The summed E-state index contributed by atoms with van der Waals surface area (Å²) in [5.74, 6) is -0.255. The fraction of sp³-hybridized carbons (Fsp3) is 0.385. The summed E-state index contributed by atoms with van der Waals surface area (Å²) in [4.78, 5) is 24.7. The minimum atomic E-state index is -0.166. The van der Waals surface area contributed by atoms with Crippen LogP contribution in [0.25, 0.3) is 0 Å². The highest BCUT2D eigenvalue weighted by Gasteiger charge is 2.09. The summed E-state index contributed by atoms with van der Waals surface area (Å²) in [6, 6.07) is 4.90. The highest BCUT2D eigenvalue weighted by atomic mass is 35.5. The first-order valence-corrected chi connectivity index (χ1v) is 6.54. The monoisotopic (exact) mass is 298 g/mol. The standard InChI is InChI=1S/C13H19ClN4O2/c1-16-13(20)8-18(2)6-5-12(19)17-11-4-3-9(15)7-10(11)14/h3-4,7H,5-6,8,15H2,1-2H3,(H,16,20)(H,17,19). The molecule has 0 aliphatic heterocycles. The van der Waals surface area contributed by atoms with E-state index in [-0.39, 0.29) is 24.8 Å². The Morgan fingerprint density at radius 2 is 2.05 bits per heavy atom. The van der Waals surface area contributed by atoms with Gasteiger partial charge in [0, 0.05) is 25.7 Å². The molecule has 20 heavy (non-hydrogen) atoms. The predicted molar refractivity (Wildman–Crippen MR) is 80.7 cm³/mol. The van der Waals surface area contributed by atoms with Crippen LogP contribution in [0, 0.1) is 0 Å². The Labute approximate surface area is 123 Å². The number of hydrogen-bond donors (Lipinski definition) is 3. The molecular formula is C13H19ClN4O2. The minimum Gasteiger partial charge on any atom is -0.399 e. The molecule has 110 valence electrons. The molecule has 1 aromatic rings. The average molecular weight is 299 g/mol. The van der Waals surface area contributed by atoms with Gasteiger partial charge in [0.2, 0.25) is 11.8 Å². The maximum Gasteiger partial charge on any atom is 0.233 e. The Morgan fingerprint density at radius 3 is 2.65 bits per heavy atom. The van der Waals surface area contributed by atoms with E-state index in [1.165, 1.54) is 0 Å². The molecule has 0 aliphatic rings. The van der Waals surface area contributed by atoms with Crippen molar-refractivity contribution >= 4 is 34.8 Å². The van der Waals surface area contributed by atoms with Crippen molar-refractivity contribution in [2.45, 2.75) is 6.42 Å². The van der Waals surface area contributed by atoms with Crippen LogP contribution in [0.3, 0.4) is 0 Å². The van der Waals surface area contributed by atoms with Gasteiger partial charge in [-0.15, -0.1) is 0 Å². The summed E-state index contributed by atoms with van der Waals surface area (Å²) in [7, 11) is 3.35. The Kier molecular flexibility index (Phi) is 6.27. The number of nitrogens with one attached hydrogen (secondary N) is 2. The number of amides is 2. The van der Waals surface area contributed by atoms with Gasteiger partial charge in [-0.05, 0) is 25.2 Å². The molecule has 0 heterocycles. The maximum atomic E-state index is 11.8. The Balaban J connectivity index is 2.42. The molecule has 0 bridgehead atoms. The molecule has 6 nitrogen and oxygen atoms in total. The summed E-state index contributed by atoms with van der Waals surface area (Å²) in [6.07, 6.45) is 0.272. The van der Waals surface area contributed by atoms with Crippen molar-refractivity contribution in [2.75, 3.05) is 38.2 Å². The number of halogens is 1. The maximum absolute atomic E-state index is 11.8. The van der Waals surface area contributed by atoms with E-state index >= 15 is 0 Å². The number of benzene rings is 1. The molecule has 0 aromatic heterocycles. The Morgan fingerprint density at radius 1 is 1.35 bits per heavy atom. The largest absolute Gasteiger partial charge is 0.399 e. The molecule has 0 spiro atoms. The molecule has 0 unspecified atom stereocenters. The molecule has 0 saturated heterocycles. The highest BCUT2D eigenvalue weighted by Crippen LogP contribution is 2.24. The summed E-state index contributed by atoms with van der Waals surface area (Å²) in [5.41, 5.74) is 6.64. The molecule has 0 fully saturated rings. The van der Waals surface area contributed by atoms with Gasteiger partial charge in [0.1, 0.15) is 0 Å². The summed E-state index contributed by atoms with van der Waals surface area (Å²) in [5, 5.41) is 5.63. The second kappa shape index (κ2) is 7.72. The van der Waals surface area contributed by atoms with Crippen molar-refractivity contribution in [1.82, 2.24) is 10.2 Å². The molecule has 1 rings (SSSR count). The zero-order chi connectivity index (χ0) is 15.1. The smallest absolute Gasteiger partial charge is 0.233 e. The predicted octanol–water partition coefficient (Wildman–Crippen LogP) is 0.929. The van der Waals surface area contributed by atoms with Crippen LogP contribution in [0.2, 0.25) is 5.02 Å². The van der Waals surface area contributed by atoms with Crippen molar-refractivity contribution in [2.24, 2.45) is 0 Å². The van der Waals surface area contributed by atoms with Crippen LogP contribution in [-0.4, -0.2) is 43.9 Å². The SMILES string of the molecule is CNC(=O)CN(C)CCC(=O)Nc1ccc(N)cc1Cl. The van der Waals surface area contributed by atoms with Crippen molar-refractivity contribution < 1.29 is 9.59 Å². The summed E-state index contributed by atoms with van der Waals surface area (Å²) in [6.45, 7) is 0.734. The number of likely N-dealkylation sites (N-methyl/N-ethyl adjacent to an activating group) is 2. The highest BCUT2D eigenvalue weighted by molar-refractivity contribution is 6.34. The molecule has 0 radical (unpaired) electrons. The van der Waals surface area contributed by atoms with Gasteiger partial charge in [-0.2, -0.15) is 0 Å². The van der Waals surface area contributed by atoms with Crippen LogP contribution in [-0.2, 0) is 9.59 Å². The van der Waals surface area contributed by atoms with Gasteiger partial charge in [-0.3, -0.25) is 14.5 Å². The number of rotatable bonds is 6. The average Bonchev–Trinajstić information content (AvgIpc) is 2.39. The van der Waals surface area contributed by atoms with Crippen LogP contribution in [0.1, 0.15) is 6.42 Å². The number of hydrogen-bond acceptors (Lipinski definition) is 4.